The molecule has 2 aromatic rings. The van der Waals surface area contributed by atoms with Crippen molar-refractivity contribution in [2.24, 2.45) is 5.73 Å². The van der Waals surface area contributed by atoms with Crippen LogP contribution < -0.4 is 10.5 Å². The predicted molar refractivity (Wildman–Crippen MR) is 75.3 cm³/mol. The first kappa shape index (κ1) is 13.8. The van der Waals surface area contributed by atoms with Crippen molar-refractivity contribution in [3.05, 3.63) is 58.4 Å². The Balaban J connectivity index is 2.31. The summed E-state index contributed by atoms with van der Waals surface area (Å²) in [6, 6.07) is 10.1. The molecule has 0 heterocycles. The highest BCUT2D eigenvalue weighted by Crippen LogP contribution is 2.33. The van der Waals surface area contributed by atoms with Gasteiger partial charge in [0.2, 0.25) is 0 Å². The molecule has 0 amide bonds. The van der Waals surface area contributed by atoms with Gasteiger partial charge in [-0.2, -0.15) is 0 Å². The van der Waals surface area contributed by atoms with Gasteiger partial charge < -0.3 is 10.5 Å². The van der Waals surface area contributed by atoms with Crippen molar-refractivity contribution < 1.29 is 9.13 Å². The molecule has 100 valence electrons. The Bertz CT molecular complexity index is 599. The van der Waals surface area contributed by atoms with Crippen LogP contribution in [0.25, 0.3) is 0 Å². The summed E-state index contributed by atoms with van der Waals surface area (Å²) in [7, 11) is 0. The first-order valence-corrected chi connectivity index (χ1v) is 6.35. The molecular weight excluding hydrogens is 265 g/mol. The monoisotopic (exact) mass is 279 g/mol. The molecule has 2 rings (SSSR count). The number of hydrogen-bond acceptors (Lipinski definition) is 2. The Labute approximate surface area is 117 Å². The normalized spacial score (nSPS) is 12.3. The number of hydrogen-bond donors (Lipinski definition) is 1. The van der Waals surface area contributed by atoms with Crippen LogP contribution in [0.2, 0.25) is 5.02 Å². The van der Waals surface area contributed by atoms with Gasteiger partial charge in [0.15, 0.2) is 11.6 Å². The smallest absolute Gasteiger partial charge is 0.168 e. The van der Waals surface area contributed by atoms with Gasteiger partial charge in [0, 0.05) is 6.04 Å². The zero-order valence-corrected chi connectivity index (χ0v) is 11.5. The van der Waals surface area contributed by atoms with Crippen molar-refractivity contribution in [3.8, 4) is 11.5 Å². The molecule has 0 fully saturated rings. The lowest BCUT2D eigenvalue weighted by Gasteiger charge is -2.12. The Morgan fingerprint density at radius 1 is 1.21 bits per heavy atom. The molecule has 2 N–H and O–H groups in total. The Morgan fingerprint density at radius 2 is 1.95 bits per heavy atom. The number of ether oxygens (including phenoxy) is 1. The van der Waals surface area contributed by atoms with E-state index in [9.17, 15) is 4.39 Å². The van der Waals surface area contributed by atoms with Gasteiger partial charge in [0.05, 0.1) is 5.02 Å². The van der Waals surface area contributed by atoms with Gasteiger partial charge in [0.25, 0.3) is 0 Å². The van der Waals surface area contributed by atoms with E-state index in [0.717, 1.165) is 5.56 Å². The quantitative estimate of drug-likeness (QED) is 0.891. The number of halogens is 2. The molecule has 2 nitrogen and oxygen atoms in total. The second kappa shape index (κ2) is 5.59. The molecule has 19 heavy (non-hydrogen) atoms. The lowest BCUT2D eigenvalue weighted by molar-refractivity contribution is 0.440. The second-order valence-electron chi connectivity index (χ2n) is 4.47. The third kappa shape index (κ3) is 3.06. The van der Waals surface area contributed by atoms with E-state index in [2.05, 4.69) is 0 Å². The average Bonchev–Trinajstić information content (AvgIpc) is 2.37. The molecule has 0 unspecified atom stereocenters. The number of nitrogens with two attached hydrogens (primary N) is 1. The van der Waals surface area contributed by atoms with Gasteiger partial charge in [-0.15, -0.1) is 0 Å². The van der Waals surface area contributed by atoms with Crippen molar-refractivity contribution in [3.63, 3.8) is 0 Å². The fourth-order valence-corrected chi connectivity index (χ4v) is 1.93. The van der Waals surface area contributed by atoms with E-state index in [1.54, 1.807) is 37.3 Å². The molecule has 0 aliphatic heterocycles. The van der Waals surface area contributed by atoms with Crippen LogP contribution in [0.3, 0.4) is 0 Å². The van der Waals surface area contributed by atoms with Crippen LogP contribution in [-0.2, 0) is 0 Å². The van der Waals surface area contributed by atoms with Gasteiger partial charge in [0.1, 0.15) is 5.75 Å². The number of rotatable bonds is 3. The molecule has 0 aliphatic carbocycles. The molecule has 2 aromatic carbocycles. The van der Waals surface area contributed by atoms with E-state index in [0.29, 0.717) is 16.3 Å². The molecular formula is C15H15ClFNO. The van der Waals surface area contributed by atoms with Gasteiger partial charge in [-0.05, 0) is 43.2 Å². The first-order valence-electron chi connectivity index (χ1n) is 5.97. The van der Waals surface area contributed by atoms with E-state index < -0.39 is 0 Å². The minimum atomic E-state index is -0.380. The molecule has 1 atom stereocenters. The molecule has 0 bridgehead atoms. The largest absolute Gasteiger partial charge is 0.453 e. The summed E-state index contributed by atoms with van der Waals surface area (Å²) in [4.78, 5) is 0. The van der Waals surface area contributed by atoms with Crippen molar-refractivity contribution in [2.45, 2.75) is 19.9 Å². The lowest BCUT2D eigenvalue weighted by atomic mass is 10.1. The number of benzene rings is 2. The maximum Gasteiger partial charge on any atom is 0.168 e. The predicted octanol–water partition coefficient (Wildman–Crippen LogP) is 4.60. The summed E-state index contributed by atoms with van der Waals surface area (Å²) in [6.45, 7) is 3.55. The van der Waals surface area contributed by atoms with Crippen LogP contribution in [0, 0.1) is 12.7 Å². The average molecular weight is 280 g/mol. The molecule has 0 saturated carbocycles. The van der Waals surface area contributed by atoms with Crippen LogP contribution in [0.5, 0.6) is 11.5 Å². The molecule has 0 aromatic heterocycles. The molecule has 0 aliphatic rings. The highest BCUT2D eigenvalue weighted by atomic mass is 35.5. The van der Waals surface area contributed by atoms with Gasteiger partial charge >= 0.3 is 0 Å². The van der Waals surface area contributed by atoms with Crippen LogP contribution in [0.15, 0.2) is 36.4 Å². The fraction of sp³-hybridized carbons (Fsp3) is 0.200. The summed E-state index contributed by atoms with van der Waals surface area (Å²) in [5.41, 5.74) is 7.20. The van der Waals surface area contributed by atoms with Crippen LogP contribution in [0.1, 0.15) is 24.1 Å². The van der Waals surface area contributed by atoms with Gasteiger partial charge in [-0.25, -0.2) is 4.39 Å². The van der Waals surface area contributed by atoms with Crippen molar-refractivity contribution in [1.29, 1.82) is 0 Å². The highest BCUT2D eigenvalue weighted by Gasteiger charge is 2.10. The third-order valence-corrected chi connectivity index (χ3v) is 3.15. The van der Waals surface area contributed by atoms with Crippen LogP contribution in [0.4, 0.5) is 4.39 Å². The van der Waals surface area contributed by atoms with E-state index in [1.807, 2.05) is 13.0 Å². The van der Waals surface area contributed by atoms with Gasteiger partial charge in [-0.3, -0.25) is 0 Å². The fourth-order valence-electron chi connectivity index (χ4n) is 1.70. The standard InChI is InChI=1S/C15H15ClFNO/c1-9-4-3-5-14(15(9)17)19-13-7-6-11(10(2)18)8-12(13)16/h3-8,10H,18H2,1-2H3/t10-/m1/s1. The van der Waals surface area contributed by atoms with Crippen molar-refractivity contribution >= 4 is 11.6 Å². The van der Waals surface area contributed by atoms with Gasteiger partial charge in [-0.1, -0.05) is 29.8 Å². The second-order valence-corrected chi connectivity index (χ2v) is 4.87. The Morgan fingerprint density at radius 3 is 2.58 bits per heavy atom. The number of aryl methyl sites for hydroxylation is 1. The third-order valence-electron chi connectivity index (χ3n) is 2.86. The van der Waals surface area contributed by atoms with Crippen molar-refractivity contribution in [2.75, 3.05) is 0 Å². The summed E-state index contributed by atoms with van der Waals surface area (Å²) in [6.07, 6.45) is 0. The summed E-state index contributed by atoms with van der Waals surface area (Å²) < 4.78 is 19.3. The Hall–Kier alpha value is -1.58. The minimum Gasteiger partial charge on any atom is -0.453 e. The molecule has 0 saturated heterocycles. The lowest BCUT2D eigenvalue weighted by Crippen LogP contribution is -2.04. The highest BCUT2D eigenvalue weighted by molar-refractivity contribution is 6.32. The van der Waals surface area contributed by atoms with Crippen LogP contribution in [-0.4, -0.2) is 0 Å². The summed E-state index contributed by atoms with van der Waals surface area (Å²) in [5, 5.41) is 0.413. The topological polar surface area (TPSA) is 35.2 Å². The minimum absolute atomic E-state index is 0.109. The van der Waals surface area contributed by atoms with E-state index in [1.165, 1.54) is 0 Å². The maximum atomic E-state index is 13.8. The maximum absolute atomic E-state index is 13.8. The van der Waals surface area contributed by atoms with E-state index >= 15 is 0 Å². The molecule has 4 heteroatoms. The zero-order valence-electron chi connectivity index (χ0n) is 10.8. The van der Waals surface area contributed by atoms with E-state index in [-0.39, 0.29) is 17.6 Å². The Kier molecular flexibility index (Phi) is 4.08. The van der Waals surface area contributed by atoms with E-state index in [4.69, 9.17) is 22.1 Å². The molecule has 0 spiro atoms. The summed E-state index contributed by atoms with van der Waals surface area (Å²) in [5.74, 6) is 0.195. The van der Waals surface area contributed by atoms with Crippen LogP contribution >= 0.6 is 11.6 Å². The SMILES string of the molecule is Cc1cccc(Oc2ccc([C@@H](C)N)cc2Cl)c1F. The van der Waals surface area contributed by atoms with Crippen molar-refractivity contribution in [1.82, 2.24) is 0 Å². The first-order chi connectivity index (χ1) is 8.99. The molecule has 0 radical (unpaired) electrons. The zero-order chi connectivity index (χ0) is 14.0. The summed E-state index contributed by atoms with van der Waals surface area (Å²) >= 11 is 6.11.